The quantitative estimate of drug-likeness (QED) is 0.737. The fourth-order valence-corrected chi connectivity index (χ4v) is 4.17. The monoisotopic (exact) mass is 240 g/mol. The maximum Gasteiger partial charge on any atom is 0.0548 e. The summed E-state index contributed by atoms with van der Waals surface area (Å²) in [6.45, 7) is 13.2. The Hall–Kier alpha value is -0.0800. The van der Waals surface area contributed by atoms with Crippen molar-refractivity contribution in [3.05, 3.63) is 0 Å². The number of hydrogen-bond donors (Lipinski definition) is 0. The predicted molar refractivity (Wildman–Crippen MR) is 70.0 cm³/mol. The normalized spacial score (nSPS) is 39.2. The van der Waals surface area contributed by atoms with Gasteiger partial charge in [-0.05, 0) is 36.5 Å². The van der Waals surface area contributed by atoms with Crippen LogP contribution in [0.15, 0.2) is 0 Å². The lowest BCUT2D eigenvalue weighted by Gasteiger charge is -2.42. The summed E-state index contributed by atoms with van der Waals surface area (Å²) in [7, 11) is 0. The van der Waals surface area contributed by atoms with Gasteiger partial charge < -0.3 is 9.47 Å². The smallest absolute Gasteiger partial charge is 0.0548 e. The Morgan fingerprint density at radius 3 is 2.12 bits per heavy atom. The second-order valence-electron chi connectivity index (χ2n) is 6.68. The first-order valence-corrected chi connectivity index (χ1v) is 7.22. The zero-order valence-electron chi connectivity index (χ0n) is 11.9. The van der Waals surface area contributed by atoms with Gasteiger partial charge in [0.1, 0.15) is 0 Å². The third-order valence-electron chi connectivity index (χ3n) is 4.86. The molecule has 0 saturated carbocycles. The van der Waals surface area contributed by atoms with E-state index in [-0.39, 0.29) is 0 Å². The highest BCUT2D eigenvalue weighted by atomic mass is 16.5. The molecule has 2 fully saturated rings. The molecule has 0 aromatic carbocycles. The second-order valence-corrected chi connectivity index (χ2v) is 6.68. The highest BCUT2D eigenvalue weighted by molar-refractivity contribution is 4.96. The summed E-state index contributed by atoms with van der Waals surface area (Å²) < 4.78 is 11.6. The van der Waals surface area contributed by atoms with Gasteiger partial charge in [-0.2, -0.15) is 0 Å². The SMILES string of the molecule is CC(C)C1CCOCC2(CCOC2)C1C(C)C. The van der Waals surface area contributed by atoms with Crippen molar-refractivity contribution >= 4 is 0 Å². The Balaban J connectivity index is 2.28. The van der Waals surface area contributed by atoms with E-state index in [9.17, 15) is 0 Å². The molecule has 2 heteroatoms. The van der Waals surface area contributed by atoms with E-state index in [1.807, 2.05) is 0 Å². The van der Waals surface area contributed by atoms with Crippen LogP contribution in [0.2, 0.25) is 0 Å². The molecule has 3 unspecified atom stereocenters. The highest BCUT2D eigenvalue weighted by Crippen LogP contribution is 2.49. The molecule has 2 nitrogen and oxygen atoms in total. The summed E-state index contributed by atoms with van der Waals surface area (Å²) in [5.74, 6) is 3.03. The van der Waals surface area contributed by atoms with Crippen LogP contribution in [-0.2, 0) is 9.47 Å². The molecular formula is C15H28O2. The van der Waals surface area contributed by atoms with Crippen LogP contribution >= 0.6 is 0 Å². The first kappa shape index (κ1) is 13.4. The van der Waals surface area contributed by atoms with Crippen molar-refractivity contribution in [2.45, 2.75) is 40.5 Å². The van der Waals surface area contributed by atoms with Gasteiger partial charge in [-0.15, -0.1) is 0 Å². The minimum atomic E-state index is 0.305. The van der Waals surface area contributed by atoms with Crippen molar-refractivity contribution in [1.82, 2.24) is 0 Å². The van der Waals surface area contributed by atoms with E-state index in [0.717, 1.165) is 50.1 Å². The lowest BCUT2D eigenvalue weighted by atomic mass is 9.61. The van der Waals surface area contributed by atoms with E-state index >= 15 is 0 Å². The van der Waals surface area contributed by atoms with Crippen LogP contribution in [0, 0.1) is 29.1 Å². The fraction of sp³-hybridized carbons (Fsp3) is 1.00. The topological polar surface area (TPSA) is 18.5 Å². The second kappa shape index (κ2) is 5.27. The highest BCUT2D eigenvalue weighted by Gasteiger charge is 2.48. The van der Waals surface area contributed by atoms with Crippen molar-refractivity contribution in [3.63, 3.8) is 0 Å². The van der Waals surface area contributed by atoms with Gasteiger partial charge in [0, 0.05) is 18.6 Å². The van der Waals surface area contributed by atoms with Crippen LogP contribution in [-0.4, -0.2) is 26.4 Å². The van der Waals surface area contributed by atoms with Gasteiger partial charge >= 0.3 is 0 Å². The average molecular weight is 240 g/mol. The molecule has 0 bridgehead atoms. The Kier molecular flexibility index (Phi) is 4.14. The molecule has 17 heavy (non-hydrogen) atoms. The van der Waals surface area contributed by atoms with Crippen molar-refractivity contribution in [2.24, 2.45) is 29.1 Å². The molecule has 1 spiro atoms. The third kappa shape index (κ3) is 2.53. The van der Waals surface area contributed by atoms with Gasteiger partial charge in [0.15, 0.2) is 0 Å². The van der Waals surface area contributed by atoms with Crippen LogP contribution in [0.1, 0.15) is 40.5 Å². The molecule has 2 aliphatic heterocycles. The van der Waals surface area contributed by atoms with Crippen LogP contribution in [0.3, 0.4) is 0 Å². The minimum Gasteiger partial charge on any atom is -0.381 e. The van der Waals surface area contributed by atoms with Crippen LogP contribution in [0.25, 0.3) is 0 Å². The average Bonchev–Trinajstić information content (AvgIpc) is 2.60. The van der Waals surface area contributed by atoms with E-state index < -0.39 is 0 Å². The van der Waals surface area contributed by atoms with E-state index in [2.05, 4.69) is 27.7 Å². The van der Waals surface area contributed by atoms with Crippen molar-refractivity contribution < 1.29 is 9.47 Å². The van der Waals surface area contributed by atoms with Crippen molar-refractivity contribution in [2.75, 3.05) is 26.4 Å². The molecule has 0 aromatic heterocycles. The first-order valence-electron chi connectivity index (χ1n) is 7.22. The van der Waals surface area contributed by atoms with Gasteiger partial charge in [-0.1, -0.05) is 27.7 Å². The van der Waals surface area contributed by atoms with Crippen molar-refractivity contribution in [3.8, 4) is 0 Å². The number of hydrogen-bond acceptors (Lipinski definition) is 2. The molecule has 2 saturated heterocycles. The molecule has 3 atom stereocenters. The largest absolute Gasteiger partial charge is 0.381 e. The Morgan fingerprint density at radius 2 is 1.59 bits per heavy atom. The molecule has 0 amide bonds. The Bertz CT molecular complexity index is 241. The standard InChI is InChI=1S/C15H28O2/c1-11(2)13-5-7-16-9-15(6-8-17-10-15)14(13)12(3)4/h11-14H,5-10H2,1-4H3. The molecule has 0 N–H and O–H groups in total. The molecule has 2 aliphatic rings. The fourth-order valence-electron chi connectivity index (χ4n) is 4.17. The minimum absolute atomic E-state index is 0.305. The summed E-state index contributed by atoms with van der Waals surface area (Å²) in [5, 5.41) is 0. The molecule has 0 radical (unpaired) electrons. The molecule has 2 heterocycles. The molecular weight excluding hydrogens is 212 g/mol. The van der Waals surface area contributed by atoms with E-state index in [1.165, 1.54) is 12.8 Å². The van der Waals surface area contributed by atoms with Crippen LogP contribution < -0.4 is 0 Å². The van der Waals surface area contributed by atoms with Crippen molar-refractivity contribution in [1.29, 1.82) is 0 Å². The van der Waals surface area contributed by atoms with Gasteiger partial charge in [0.05, 0.1) is 13.2 Å². The van der Waals surface area contributed by atoms with Crippen LogP contribution in [0.4, 0.5) is 0 Å². The first-order chi connectivity index (χ1) is 8.07. The van der Waals surface area contributed by atoms with E-state index in [4.69, 9.17) is 9.47 Å². The van der Waals surface area contributed by atoms with E-state index in [1.54, 1.807) is 0 Å². The maximum atomic E-state index is 5.91. The summed E-state index contributed by atoms with van der Waals surface area (Å²) in [6, 6.07) is 0. The lowest BCUT2D eigenvalue weighted by Crippen LogP contribution is -2.42. The van der Waals surface area contributed by atoms with Gasteiger partial charge in [0.2, 0.25) is 0 Å². The molecule has 0 aromatic rings. The number of ether oxygens (including phenoxy) is 2. The predicted octanol–water partition coefficient (Wildman–Crippen LogP) is 3.36. The zero-order valence-corrected chi connectivity index (χ0v) is 11.9. The summed E-state index contributed by atoms with van der Waals surface area (Å²) >= 11 is 0. The third-order valence-corrected chi connectivity index (χ3v) is 4.86. The Labute approximate surface area is 106 Å². The number of rotatable bonds is 2. The van der Waals surface area contributed by atoms with E-state index in [0.29, 0.717) is 5.41 Å². The summed E-state index contributed by atoms with van der Waals surface area (Å²) in [4.78, 5) is 0. The van der Waals surface area contributed by atoms with Gasteiger partial charge in [0.25, 0.3) is 0 Å². The molecule has 100 valence electrons. The molecule has 0 aliphatic carbocycles. The molecule has 2 rings (SSSR count). The maximum absolute atomic E-state index is 5.91. The van der Waals surface area contributed by atoms with Gasteiger partial charge in [-0.25, -0.2) is 0 Å². The Morgan fingerprint density at radius 1 is 0.941 bits per heavy atom. The lowest BCUT2D eigenvalue weighted by molar-refractivity contribution is -0.00856. The van der Waals surface area contributed by atoms with Crippen LogP contribution in [0.5, 0.6) is 0 Å². The zero-order chi connectivity index (χ0) is 12.5. The van der Waals surface area contributed by atoms with Gasteiger partial charge in [-0.3, -0.25) is 0 Å². The summed E-state index contributed by atoms with van der Waals surface area (Å²) in [5.41, 5.74) is 0.305. The summed E-state index contributed by atoms with van der Waals surface area (Å²) in [6.07, 6.45) is 2.42.